The van der Waals surface area contributed by atoms with E-state index in [2.05, 4.69) is 15.2 Å². The van der Waals surface area contributed by atoms with Gasteiger partial charge in [0.05, 0.1) is 13.1 Å². The van der Waals surface area contributed by atoms with Crippen LogP contribution in [0.15, 0.2) is 24.3 Å². The lowest BCUT2D eigenvalue weighted by molar-refractivity contribution is -0.129. The highest BCUT2D eigenvalue weighted by Crippen LogP contribution is 2.31. The van der Waals surface area contributed by atoms with Crippen LogP contribution < -0.4 is 0 Å². The van der Waals surface area contributed by atoms with Crippen LogP contribution >= 0.6 is 0 Å². The maximum Gasteiger partial charge on any atom is 0.227 e. The number of carbonyl (C=O) groups excluding carboxylic acids is 1. The first-order valence-electron chi connectivity index (χ1n) is 7.54. The van der Waals surface area contributed by atoms with Crippen molar-refractivity contribution in [3.63, 3.8) is 0 Å². The lowest BCUT2D eigenvalue weighted by atomic mass is 9.97. The highest BCUT2D eigenvalue weighted by Gasteiger charge is 2.38. The van der Waals surface area contributed by atoms with Gasteiger partial charge in [0.2, 0.25) is 5.91 Å². The van der Waals surface area contributed by atoms with Gasteiger partial charge in [0.15, 0.2) is 5.82 Å². The summed E-state index contributed by atoms with van der Waals surface area (Å²) in [6, 6.07) is 6.20. The third-order valence-electron chi connectivity index (χ3n) is 4.24. The average molecular weight is 320 g/mol. The van der Waals surface area contributed by atoms with Crippen molar-refractivity contribution in [1.29, 1.82) is 0 Å². The summed E-state index contributed by atoms with van der Waals surface area (Å²) >= 11 is 0. The first-order valence-corrected chi connectivity index (χ1v) is 7.54. The third-order valence-corrected chi connectivity index (χ3v) is 4.24. The molecule has 5 nitrogen and oxygen atoms in total. The summed E-state index contributed by atoms with van der Waals surface area (Å²) in [6.07, 6.45) is -0.0224. The van der Waals surface area contributed by atoms with E-state index in [1.807, 2.05) is 0 Å². The first-order chi connectivity index (χ1) is 11.1. The number of nitrogens with zero attached hydrogens (tertiary/aromatic N) is 3. The van der Waals surface area contributed by atoms with E-state index in [4.69, 9.17) is 0 Å². The number of alkyl halides is 1. The van der Waals surface area contributed by atoms with Crippen LogP contribution in [0, 0.1) is 18.7 Å². The Kier molecular flexibility index (Phi) is 4.36. The van der Waals surface area contributed by atoms with Crippen molar-refractivity contribution in [3.8, 4) is 0 Å². The number of hydrogen-bond donors (Lipinski definition) is 1. The van der Waals surface area contributed by atoms with Gasteiger partial charge in [-0.3, -0.25) is 14.3 Å². The van der Waals surface area contributed by atoms with Gasteiger partial charge in [-0.25, -0.2) is 9.37 Å². The van der Waals surface area contributed by atoms with Gasteiger partial charge in [-0.05, 0) is 18.6 Å². The number of amides is 1. The van der Waals surface area contributed by atoms with E-state index in [1.54, 1.807) is 30.0 Å². The fourth-order valence-corrected chi connectivity index (χ4v) is 2.97. The van der Waals surface area contributed by atoms with E-state index >= 15 is 0 Å². The predicted octanol–water partition coefficient (Wildman–Crippen LogP) is 2.01. The van der Waals surface area contributed by atoms with Gasteiger partial charge < -0.3 is 4.90 Å². The number of likely N-dealkylation sites (tertiary alicyclic amines) is 1. The molecule has 0 unspecified atom stereocenters. The fraction of sp³-hybridized carbons (Fsp3) is 0.438. The summed E-state index contributed by atoms with van der Waals surface area (Å²) in [6.45, 7) is 1.90. The quantitative estimate of drug-likeness (QED) is 0.937. The summed E-state index contributed by atoms with van der Waals surface area (Å²) in [5.74, 6) is 0.0379. The molecule has 1 amide bonds. The van der Waals surface area contributed by atoms with Crippen LogP contribution in [0.4, 0.5) is 8.78 Å². The molecule has 1 aromatic carbocycles. The molecule has 122 valence electrons. The molecule has 1 aliphatic heterocycles. The molecule has 1 saturated heterocycles. The molecule has 0 spiro atoms. The summed E-state index contributed by atoms with van der Waals surface area (Å²) in [5.41, 5.74) is 0.353. The van der Waals surface area contributed by atoms with E-state index in [9.17, 15) is 13.6 Å². The largest absolute Gasteiger partial charge is 0.341 e. The van der Waals surface area contributed by atoms with E-state index in [-0.39, 0.29) is 24.2 Å². The second kappa shape index (κ2) is 6.44. The van der Waals surface area contributed by atoms with Gasteiger partial charge >= 0.3 is 0 Å². The summed E-state index contributed by atoms with van der Waals surface area (Å²) < 4.78 is 27.0. The molecular weight excluding hydrogens is 302 g/mol. The first kappa shape index (κ1) is 15.6. The Morgan fingerprint density at radius 3 is 2.83 bits per heavy atom. The molecule has 1 aromatic heterocycles. The maximum absolute atomic E-state index is 13.7. The monoisotopic (exact) mass is 320 g/mol. The third kappa shape index (κ3) is 3.23. The van der Waals surface area contributed by atoms with Crippen molar-refractivity contribution < 1.29 is 13.6 Å². The van der Waals surface area contributed by atoms with Gasteiger partial charge in [-0.2, -0.15) is 5.10 Å². The number of carbonyl (C=O) groups is 1. The smallest absolute Gasteiger partial charge is 0.227 e. The lowest BCUT2D eigenvalue weighted by Crippen LogP contribution is -2.30. The number of aromatic nitrogens is 3. The van der Waals surface area contributed by atoms with E-state index < -0.39 is 12.5 Å². The molecule has 3 rings (SSSR count). The zero-order valence-electron chi connectivity index (χ0n) is 12.8. The van der Waals surface area contributed by atoms with Crippen molar-refractivity contribution in [2.24, 2.45) is 5.92 Å². The minimum Gasteiger partial charge on any atom is -0.341 e. The molecule has 0 radical (unpaired) electrons. The van der Waals surface area contributed by atoms with Gasteiger partial charge in [0.1, 0.15) is 11.6 Å². The van der Waals surface area contributed by atoms with Crippen LogP contribution in [0.5, 0.6) is 0 Å². The van der Waals surface area contributed by atoms with Gasteiger partial charge in [0, 0.05) is 24.9 Å². The number of H-pyrrole nitrogens is 1. The average Bonchev–Trinajstić information content (AvgIpc) is 3.15. The van der Waals surface area contributed by atoms with Crippen molar-refractivity contribution in [1.82, 2.24) is 20.1 Å². The normalized spacial score (nSPS) is 20.9. The van der Waals surface area contributed by atoms with Gasteiger partial charge in [-0.15, -0.1) is 0 Å². The van der Waals surface area contributed by atoms with Gasteiger partial charge in [0.25, 0.3) is 0 Å². The van der Waals surface area contributed by atoms with Crippen LogP contribution in [0.1, 0.15) is 23.1 Å². The van der Waals surface area contributed by atoms with Crippen LogP contribution in [-0.4, -0.2) is 45.8 Å². The van der Waals surface area contributed by atoms with Crippen molar-refractivity contribution in [2.75, 3.05) is 19.8 Å². The lowest BCUT2D eigenvalue weighted by Gasteiger charge is -2.16. The molecule has 2 aromatic rings. The number of hydrogen-bond acceptors (Lipinski definition) is 3. The Labute approximate surface area is 132 Å². The molecule has 2 atom stereocenters. The van der Waals surface area contributed by atoms with Crippen LogP contribution in [0.2, 0.25) is 0 Å². The molecule has 0 saturated carbocycles. The Morgan fingerprint density at radius 2 is 2.17 bits per heavy atom. The molecule has 1 aliphatic rings. The predicted molar refractivity (Wildman–Crippen MR) is 80.0 cm³/mol. The number of aryl methyl sites for hydroxylation is 1. The molecule has 1 N–H and O–H groups in total. The molecule has 1 fully saturated rings. The minimum absolute atomic E-state index is 0.0224. The van der Waals surface area contributed by atoms with Crippen LogP contribution in [0.3, 0.4) is 0 Å². The minimum atomic E-state index is -0.540. The van der Waals surface area contributed by atoms with E-state index in [0.29, 0.717) is 30.3 Å². The molecular formula is C16H18F2N4O. The summed E-state index contributed by atoms with van der Waals surface area (Å²) in [7, 11) is 0. The number of rotatable bonds is 4. The van der Waals surface area contributed by atoms with Crippen molar-refractivity contribution >= 4 is 5.91 Å². The Bertz CT molecular complexity index is 703. The summed E-state index contributed by atoms with van der Waals surface area (Å²) in [4.78, 5) is 18.2. The number of halogens is 2. The molecule has 7 heteroatoms. The maximum atomic E-state index is 13.7. The zero-order valence-corrected chi connectivity index (χ0v) is 12.8. The highest BCUT2D eigenvalue weighted by molar-refractivity contribution is 5.79. The Hall–Kier alpha value is -2.31. The number of aromatic amines is 1. The second-order valence-electron chi connectivity index (χ2n) is 5.87. The van der Waals surface area contributed by atoms with Crippen LogP contribution in [0.25, 0.3) is 0 Å². The van der Waals surface area contributed by atoms with Crippen molar-refractivity contribution in [2.45, 2.75) is 19.3 Å². The fourth-order valence-electron chi connectivity index (χ4n) is 2.97. The topological polar surface area (TPSA) is 61.9 Å². The molecule has 0 bridgehead atoms. The second-order valence-corrected chi connectivity index (χ2v) is 5.87. The molecule has 23 heavy (non-hydrogen) atoms. The van der Waals surface area contributed by atoms with E-state index in [1.165, 1.54) is 6.07 Å². The van der Waals surface area contributed by atoms with Crippen LogP contribution in [-0.2, 0) is 11.2 Å². The molecule has 2 heterocycles. The van der Waals surface area contributed by atoms with Crippen molar-refractivity contribution in [3.05, 3.63) is 47.3 Å². The van der Waals surface area contributed by atoms with Gasteiger partial charge in [-0.1, -0.05) is 18.2 Å². The SMILES string of the molecule is Cc1nc([C@@H]2CN(C(=O)Cc3ccccc3F)C[C@H]2CF)n[nH]1. The zero-order chi connectivity index (χ0) is 16.4. The number of nitrogens with one attached hydrogen (secondary N) is 1. The molecule has 0 aliphatic carbocycles. The van der Waals surface area contributed by atoms with E-state index in [0.717, 1.165) is 0 Å². The Balaban J connectivity index is 1.72. The Morgan fingerprint density at radius 1 is 1.39 bits per heavy atom. The number of benzene rings is 1. The standard InChI is InChI=1S/C16H18F2N4O/c1-10-19-16(21-20-10)13-9-22(8-12(13)7-17)15(23)6-11-4-2-3-5-14(11)18/h2-5,12-13H,6-9H2,1H3,(H,19,20,21)/t12-,13-/m1/s1. The highest BCUT2D eigenvalue weighted by atomic mass is 19.1. The summed E-state index contributed by atoms with van der Waals surface area (Å²) in [5, 5.41) is 6.83.